The third kappa shape index (κ3) is 9.69. The lowest BCUT2D eigenvalue weighted by Gasteiger charge is -2.26. The van der Waals surface area contributed by atoms with Crippen LogP contribution in [-0.4, -0.2) is 69.2 Å². The molecule has 1 amide bonds. The largest absolute Gasteiger partial charge is 0.465 e. The van der Waals surface area contributed by atoms with Gasteiger partial charge in [-0.3, -0.25) is 19.2 Å². The van der Waals surface area contributed by atoms with Gasteiger partial charge in [-0.2, -0.15) is 0 Å². The quantitative estimate of drug-likeness (QED) is 0.190. The first-order chi connectivity index (χ1) is 20.1. The highest BCUT2D eigenvalue weighted by atomic mass is 32.2. The number of sulfone groups is 1. The molecule has 0 saturated heterocycles. The van der Waals surface area contributed by atoms with E-state index in [2.05, 4.69) is 0 Å². The van der Waals surface area contributed by atoms with Gasteiger partial charge in [-0.05, 0) is 48.7 Å². The maximum Gasteiger partial charge on any atom is 0.325 e. The summed E-state index contributed by atoms with van der Waals surface area (Å²) in [7, 11) is -4.04. The van der Waals surface area contributed by atoms with E-state index in [0.29, 0.717) is 5.39 Å². The molecular formula is C31H35NO9S. The van der Waals surface area contributed by atoms with Gasteiger partial charge < -0.3 is 19.1 Å². The fourth-order valence-corrected chi connectivity index (χ4v) is 5.91. The van der Waals surface area contributed by atoms with E-state index in [0.717, 1.165) is 15.8 Å². The van der Waals surface area contributed by atoms with Gasteiger partial charge in [-0.25, -0.2) is 8.42 Å². The fourth-order valence-electron chi connectivity index (χ4n) is 4.30. The van der Waals surface area contributed by atoms with Crippen LogP contribution in [0.1, 0.15) is 32.3 Å². The predicted molar refractivity (Wildman–Crippen MR) is 155 cm³/mol. The molecule has 0 radical (unpaired) electrons. The zero-order valence-electron chi connectivity index (χ0n) is 23.7. The van der Waals surface area contributed by atoms with Crippen molar-refractivity contribution in [2.24, 2.45) is 5.92 Å². The summed E-state index contributed by atoms with van der Waals surface area (Å²) in [5, 5.41) is 1.55. The maximum absolute atomic E-state index is 13.7. The SMILES string of the molecule is CCOC(=O)CN(CC(=O)OCC)C(=O)C(CCC(=O)OCc1ccccc1)CS(=O)(=O)c1ccc2ccccc2c1. The molecule has 0 fully saturated rings. The molecule has 1 unspecified atom stereocenters. The lowest BCUT2D eigenvalue weighted by molar-refractivity contribution is -0.155. The average molecular weight is 598 g/mol. The minimum absolute atomic E-state index is 0.00740. The Bertz CT molecular complexity index is 1470. The van der Waals surface area contributed by atoms with Gasteiger partial charge in [0.1, 0.15) is 19.7 Å². The first kappa shape index (κ1) is 32.3. The van der Waals surface area contributed by atoms with Crippen molar-refractivity contribution in [3.8, 4) is 0 Å². The second kappa shape index (κ2) is 15.7. The third-order valence-corrected chi connectivity index (χ3v) is 8.17. The molecule has 10 nitrogen and oxygen atoms in total. The van der Waals surface area contributed by atoms with Crippen molar-refractivity contribution < 1.29 is 41.8 Å². The van der Waals surface area contributed by atoms with Crippen LogP contribution in [0.3, 0.4) is 0 Å². The maximum atomic E-state index is 13.7. The Hall–Kier alpha value is -4.25. The summed E-state index contributed by atoms with van der Waals surface area (Å²) in [5.74, 6) is -4.88. The number of ether oxygens (including phenoxy) is 3. The molecule has 3 aromatic carbocycles. The highest BCUT2D eigenvalue weighted by Crippen LogP contribution is 2.24. The van der Waals surface area contributed by atoms with Crippen LogP contribution in [0.15, 0.2) is 77.7 Å². The van der Waals surface area contributed by atoms with E-state index < -0.39 is 58.4 Å². The highest BCUT2D eigenvalue weighted by Gasteiger charge is 2.33. The zero-order chi connectivity index (χ0) is 30.5. The van der Waals surface area contributed by atoms with Crippen molar-refractivity contribution in [3.05, 3.63) is 78.4 Å². The van der Waals surface area contributed by atoms with Crippen molar-refractivity contribution in [1.82, 2.24) is 4.90 Å². The predicted octanol–water partition coefficient (Wildman–Crippen LogP) is 3.71. The molecule has 1 atom stereocenters. The minimum atomic E-state index is -4.04. The number of hydrogen-bond acceptors (Lipinski definition) is 9. The molecule has 0 heterocycles. The molecular weight excluding hydrogens is 562 g/mol. The van der Waals surface area contributed by atoms with Crippen LogP contribution in [0.25, 0.3) is 10.8 Å². The molecule has 0 aliphatic heterocycles. The number of carbonyl (C=O) groups excluding carboxylic acids is 4. The minimum Gasteiger partial charge on any atom is -0.465 e. The van der Waals surface area contributed by atoms with Crippen molar-refractivity contribution in [2.75, 3.05) is 32.1 Å². The number of hydrogen-bond donors (Lipinski definition) is 0. The van der Waals surface area contributed by atoms with Crippen molar-refractivity contribution in [2.45, 2.75) is 38.2 Å². The molecule has 224 valence electrons. The summed E-state index contributed by atoms with van der Waals surface area (Å²) in [6.45, 7) is 2.13. The van der Waals surface area contributed by atoms with E-state index in [1.165, 1.54) is 12.1 Å². The number of esters is 3. The molecule has 0 aromatic heterocycles. The Balaban J connectivity index is 1.85. The van der Waals surface area contributed by atoms with Gasteiger partial charge in [0.2, 0.25) is 5.91 Å². The van der Waals surface area contributed by atoms with E-state index in [9.17, 15) is 27.6 Å². The summed E-state index contributed by atoms with van der Waals surface area (Å²) >= 11 is 0. The summed E-state index contributed by atoms with van der Waals surface area (Å²) < 4.78 is 42.3. The van der Waals surface area contributed by atoms with E-state index in [4.69, 9.17) is 14.2 Å². The molecule has 0 bridgehead atoms. The standard InChI is InChI=1S/C31H35NO9S/c1-3-39-29(34)19-32(20-30(35)40-4-2)31(36)26(15-17-28(33)41-21-23-10-6-5-7-11-23)22-42(37,38)27-16-14-24-12-8-9-13-25(24)18-27/h5-14,16,18,26H,3-4,15,17,19-22H2,1-2H3. The molecule has 3 rings (SSSR count). The molecule has 0 aliphatic rings. The molecule has 3 aromatic rings. The first-order valence-corrected chi connectivity index (χ1v) is 15.3. The van der Waals surface area contributed by atoms with Gasteiger partial charge in [0.25, 0.3) is 0 Å². The van der Waals surface area contributed by atoms with Crippen LogP contribution in [0.4, 0.5) is 0 Å². The second-order valence-electron chi connectivity index (χ2n) is 9.48. The summed E-state index contributed by atoms with van der Waals surface area (Å²) in [6, 6.07) is 20.9. The third-order valence-electron chi connectivity index (χ3n) is 6.35. The molecule has 11 heteroatoms. The van der Waals surface area contributed by atoms with Gasteiger partial charge in [0.05, 0.1) is 29.8 Å². The number of rotatable bonds is 15. The summed E-state index contributed by atoms with van der Waals surface area (Å²) in [4.78, 5) is 51.8. The van der Waals surface area contributed by atoms with Crippen molar-refractivity contribution >= 4 is 44.4 Å². The second-order valence-corrected chi connectivity index (χ2v) is 11.5. The van der Waals surface area contributed by atoms with Crippen molar-refractivity contribution in [3.63, 3.8) is 0 Å². The van der Waals surface area contributed by atoms with Crippen molar-refractivity contribution in [1.29, 1.82) is 0 Å². The van der Waals surface area contributed by atoms with Gasteiger partial charge >= 0.3 is 17.9 Å². The summed E-state index contributed by atoms with van der Waals surface area (Å²) in [6.07, 6.45) is -0.454. The topological polar surface area (TPSA) is 133 Å². The molecule has 42 heavy (non-hydrogen) atoms. The monoisotopic (exact) mass is 597 g/mol. The van der Waals surface area contributed by atoms with Gasteiger partial charge in [-0.1, -0.05) is 60.7 Å². The van der Waals surface area contributed by atoms with Gasteiger partial charge in [0.15, 0.2) is 9.84 Å². The van der Waals surface area contributed by atoms with Crippen LogP contribution in [-0.2, 0) is 49.8 Å². The zero-order valence-corrected chi connectivity index (χ0v) is 24.5. The van der Waals surface area contributed by atoms with Crippen LogP contribution < -0.4 is 0 Å². The number of benzene rings is 3. The lowest BCUT2D eigenvalue weighted by Crippen LogP contribution is -2.45. The van der Waals surface area contributed by atoms with E-state index >= 15 is 0 Å². The first-order valence-electron chi connectivity index (χ1n) is 13.6. The Morgan fingerprint density at radius 1 is 0.738 bits per heavy atom. The van der Waals surface area contributed by atoms with E-state index in [1.54, 1.807) is 56.3 Å². The Morgan fingerprint density at radius 3 is 1.95 bits per heavy atom. The number of nitrogens with zero attached hydrogens (tertiary/aromatic N) is 1. The molecule has 0 N–H and O–H groups in total. The Kier molecular flexibility index (Phi) is 12.0. The number of carbonyl (C=O) groups is 4. The van der Waals surface area contributed by atoms with Gasteiger partial charge in [-0.15, -0.1) is 0 Å². The van der Waals surface area contributed by atoms with Crippen LogP contribution in [0.2, 0.25) is 0 Å². The van der Waals surface area contributed by atoms with Crippen LogP contribution in [0.5, 0.6) is 0 Å². The number of fused-ring (bicyclic) bond motifs is 1. The van der Waals surface area contributed by atoms with Crippen LogP contribution >= 0.6 is 0 Å². The van der Waals surface area contributed by atoms with E-state index in [-0.39, 0.29) is 37.6 Å². The molecule has 0 saturated carbocycles. The van der Waals surface area contributed by atoms with E-state index in [1.807, 2.05) is 18.2 Å². The Labute approximate surface area is 245 Å². The highest BCUT2D eigenvalue weighted by molar-refractivity contribution is 7.91. The molecule has 0 spiro atoms. The fraction of sp³-hybridized carbons (Fsp3) is 0.355. The molecule has 0 aliphatic carbocycles. The average Bonchev–Trinajstić information content (AvgIpc) is 2.98. The normalized spacial score (nSPS) is 11.9. The number of amides is 1. The van der Waals surface area contributed by atoms with Gasteiger partial charge in [0, 0.05) is 6.42 Å². The summed E-state index contributed by atoms with van der Waals surface area (Å²) in [5.41, 5.74) is 0.771. The lowest BCUT2D eigenvalue weighted by atomic mass is 10.0. The smallest absolute Gasteiger partial charge is 0.325 e. The Morgan fingerprint density at radius 2 is 1.33 bits per heavy atom. The van der Waals surface area contributed by atoms with Crippen LogP contribution in [0, 0.1) is 5.92 Å².